The van der Waals surface area contributed by atoms with E-state index in [1.807, 2.05) is 36.1 Å². The number of amides is 1. The van der Waals surface area contributed by atoms with Crippen LogP contribution in [0, 0.1) is 5.92 Å². The number of hydrogen-bond acceptors (Lipinski definition) is 3. The fourth-order valence-corrected chi connectivity index (χ4v) is 2.38. The first-order valence-electron chi connectivity index (χ1n) is 6.86. The highest BCUT2D eigenvalue weighted by atomic mass is 16.5. The fourth-order valence-electron chi connectivity index (χ4n) is 2.38. The molecule has 0 aromatic heterocycles. The van der Waals surface area contributed by atoms with Gasteiger partial charge in [-0.1, -0.05) is 19.1 Å². The predicted octanol–water partition coefficient (Wildman–Crippen LogP) is 2.04. The number of carbonyl (C=O) groups excluding carboxylic acids is 1. The molecule has 19 heavy (non-hydrogen) atoms. The van der Waals surface area contributed by atoms with E-state index in [1.165, 1.54) is 0 Å². The van der Waals surface area contributed by atoms with Gasteiger partial charge in [0.25, 0.3) is 5.91 Å². The molecular formula is C15H22N2O2. The van der Waals surface area contributed by atoms with Gasteiger partial charge in [0, 0.05) is 25.4 Å². The van der Waals surface area contributed by atoms with Gasteiger partial charge < -0.3 is 15.4 Å². The number of nitrogens with zero attached hydrogens (tertiary/aromatic N) is 1. The Morgan fingerprint density at radius 2 is 2.11 bits per heavy atom. The molecule has 2 atom stereocenters. The summed E-state index contributed by atoms with van der Waals surface area (Å²) in [6.07, 6.45) is 0.698. The van der Waals surface area contributed by atoms with Crippen molar-refractivity contribution in [1.82, 2.24) is 4.90 Å². The molecule has 0 spiro atoms. The second-order valence-corrected chi connectivity index (χ2v) is 5.15. The van der Waals surface area contributed by atoms with Crippen LogP contribution in [0.3, 0.4) is 0 Å². The molecule has 0 radical (unpaired) electrons. The Morgan fingerprint density at radius 3 is 2.63 bits per heavy atom. The molecule has 1 saturated heterocycles. The zero-order valence-electron chi connectivity index (χ0n) is 11.6. The van der Waals surface area contributed by atoms with Gasteiger partial charge in [-0.25, -0.2) is 0 Å². The molecular weight excluding hydrogens is 240 g/mol. The second kappa shape index (κ2) is 6.06. The third-order valence-electron chi connectivity index (χ3n) is 3.68. The lowest BCUT2D eigenvalue weighted by molar-refractivity contribution is -0.142. The zero-order chi connectivity index (χ0) is 13.8. The van der Waals surface area contributed by atoms with Gasteiger partial charge in [-0.2, -0.15) is 0 Å². The summed E-state index contributed by atoms with van der Waals surface area (Å²) in [6, 6.07) is 7.65. The van der Waals surface area contributed by atoms with Crippen molar-refractivity contribution in [2.45, 2.75) is 32.9 Å². The van der Waals surface area contributed by atoms with E-state index in [4.69, 9.17) is 10.5 Å². The van der Waals surface area contributed by atoms with E-state index in [2.05, 4.69) is 6.92 Å². The van der Waals surface area contributed by atoms with Gasteiger partial charge in [0.15, 0.2) is 0 Å². The Kier molecular flexibility index (Phi) is 4.43. The summed E-state index contributed by atoms with van der Waals surface area (Å²) < 4.78 is 5.56. The number of anilines is 1. The number of nitrogens with two attached hydrogens (primary N) is 1. The van der Waals surface area contributed by atoms with Crippen LogP contribution >= 0.6 is 0 Å². The highest BCUT2D eigenvalue weighted by Gasteiger charge is 2.33. The van der Waals surface area contributed by atoms with E-state index in [9.17, 15) is 4.79 Å². The van der Waals surface area contributed by atoms with Crippen LogP contribution in [0.1, 0.15) is 25.8 Å². The molecule has 2 unspecified atom stereocenters. The van der Waals surface area contributed by atoms with Crippen LogP contribution in [-0.2, 0) is 16.1 Å². The lowest BCUT2D eigenvalue weighted by atomic mass is 10.0. The summed E-state index contributed by atoms with van der Waals surface area (Å²) in [6.45, 7) is 6.07. The zero-order valence-corrected chi connectivity index (χ0v) is 11.6. The summed E-state index contributed by atoms with van der Waals surface area (Å²) in [5.74, 6) is 0.414. The summed E-state index contributed by atoms with van der Waals surface area (Å²) in [4.78, 5) is 14.3. The molecule has 1 fully saturated rings. The summed E-state index contributed by atoms with van der Waals surface area (Å²) >= 11 is 0. The number of nitrogen functional groups attached to an aromatic ring is 1. The van der Waals surface area contributed by atoms with Crippen molar-refractivity contribution in [3.05, 3.63) is 29.8 Å². The second-order valence-electron chi connectivity index (χ2n) is 5.15. The summed E-state index contributed by atoms with van der Waals surface area (Å²) in [7, 11) is 0. The van der Waals surface area contributed by atoms with Crippen LogP contribution < -0.4 is 5.73 Å². The molecule has 104 valence electrons. The first-order chi connectivity index (χ1) is 9.11. The van der Waals surface area contributed by atoms with Crippen molar-refractivity contribution in [3.8, 4) is 0 Å². The summed E-state index contributed by atoms with van der Waals surface area (Å²) in [5, 5.41) is 0. The quantitative estimate of drug-likeness (QED) is 0.845. The fraction of sp³-hybridized carbons (Fsp3) is 0.533. The third kappa shape index (κ3) is 3.26. The number of likely N-dealkylation sites (N-methyl/N-ethyl adjacent to an activating group) is 1. The molecule has 1 amide bonds. The molecule has 1 aliphatic heterocycles. The highest BCUT2D eigenvalue weighted by Crippen LogP contribution is 2.22. The van der Waals surface area contributed by atoms with Gasteiger partial charge in [0.2, 0.25) is 0 Å². The molecule has 2 rings (SSSR count). The Morgan fingerprint density at radius 1 is 1.42 bits per heavy atom. The number of hydrogen-bond donors (Lipinski definition) is 1. The Labute approximate surface area is 114 Å². The molecule has 2 N–H and O–H groups in total. The van der Waals surface area contributed by atoms with Crippen molar-refractivity contribution >= 4 is 11.6 Å². The molecule has 4 heteroatoms. The van der Waals surface area contributed by atoms with E-state index in [1.54, 1.807) is 0 Å². The first-order valence-corrected chi connectivity index (χ1v) is 6.86. The minimum absolute atomic E-state index is 0.101. The van der Waals surface area contributed by atoms with Crippen molar-refractivity contribution in [1.29, 1.82) is 0 Å². The molecule has 1 aromatic rings. The predicted molar refractivity (Wildman–Crippen MR) is 75.5 cm³/mol. The van der Waals surface area contributed by atoms with Gasteiger partial charge in [0.05, 0.1) is 0 Å². The number of rotatable bonds is 4. The van der Waals surface area contributed by atoms with E-state index in [0.29, 0.717) is 25.6 Å². The third-order valence-corrected chi connectivity index (χ3v) is 3.68. The van der Waals surface area contributed by atoms with Gasteiger partial charge in [-0.15, -0.1) is 0 Å². The molecule has 1 heterocycles. The van der Waals surface area contributed by atoms with Gasteiger partial charge in [-0.05, 0) is 37.0 Å². The van der Waals surface area contributed by atoms with Crippen molar-refractivity contribution in [3.63, 3.8) is 0 Å². The van der Waals surface area contributed by atoms with Crippen LogP contribution in [0.25, 0.3) is 0 Å². The molecule has 0 saturated carbocycles. The first kappa shape index (κ1) is 13.9. The van der Waals surface area contributed by atoms with E-state index in [-0.39, 0.29) is 12.0 Å². The molecule has 1 aromatic carbocycles. The van der Waals surface area contributed by atoms with Crippen LogP contribution in [0.2, 0.25) is 0 Å². The Balaban J connectivity index is 2.03. The average molecular weight is 262 g/mol. The Hall–Kier alpha value is -1.55. The van der Waals surface area contributed by atoms with Gasteiger partial charge >= 0.3 is 0 Å². The van der Waals surface area contributed by atoms with Gasteiger partial charge in [-0.3, -0.25) is 4.79 Å². The molecule has 0 aliphatic carbocycles. The lowest BCUT2D eigenvalue weighted by Gasteiger charge is -2.25. The maximum Gasteiger partial charge on any atom is 0.252 e. The average Bonchev–Trinajstić information content (AvgIpc) is 2.83. The normalized spacial score (nSPS) is 22.4. The smallest absolute Gasteiger partial charge is 0.252 e. The summed E-state index contributed by atoms with van der Waals surface area (Å²) in [5.41, 5.74) is 7.50. The lowest BCUT2D eigenvalue weighted by Crippen LogP contribution is -2.40. The minimum atomic E-state index is -0.270. The number of ether oxygens (including phenoxy) is 1. The van der Waals surface area contributed by atoms with E-state index in [0.717, 1.165) is 17.7 Å². The monoisotopic (exact) mass is 262 g/mol. The van der Waals surface area contributed by atoms with Crippen LogP contribution in [-0.4, -0.2) is 30.1 Å². The van der Waals surface area contributed by atoms with Crippen molar-refractivity contribution < 1.29 is 9.53 Å². The van der Waals surface area contributed by atoms with Gasteiger partial charge in [0.1, 0.15) is 6.10 Å². The van der Waals surface area contributed by atoms with Crippen LogP contribution in [0.4, 0.5) is 5.69 Å². The van der Waals surface area contributed by atoms with Crippen molar-refractivity contribution in [2.75, 3.05) is 18.9 Å². The SMILES string of the molecule is CCN(Cc1ccc(N)cc1)C(=O)C1OCCC1C. The molecule has 0 bridgehead atoms. The molecule has 4 nitrogen and oxygen atoms in total. The largest absolute Gasteiger partial charge is 0.399 e. The standard InChI is InChI=1S/C15H22N2O2/c1-3-17(10-12-4-6-13(16)7-5-12)15(18)14-11(2)8-9-19-14/h4-7,11,14H,3,8-10,16H2,1-2H3. The molecule has 1 aliphatic rings. The van der Waals surface area contributed by atoms with Crippen molar-refractivity contribution in [2.24, 2.45) is 5.92 Å². The maximum atomic E-state index is 12.4. The number of carbonyl (C=O) groups is 1. The minimum Gasteiger partial charge on any atom is -0.399 e. The van der Waals surface area contributed by atoms with Crippen LogP contribution in [0.15, 0.2) is 24.3 Å². The number of benzene rings is 1. The van der Waals surface area contributed by atoms with E-state index >= 15 is 0 Å². The van der Waals surface area contributed by atoms with E-state index < -0.39 is 0 Å². The highest BCUT2D eigenvalue weighted by molar-refractivity contribution is 5.81. The maximum absolute atomic E-state index is 12.4. The van der Waals surface area contributed by atoms with Crippen LogP contribution in [0.5, 0.6) is 0 Å². The topological polar surface area (TPSA) is 55.6 Å². The Bertz CT molecular complexity index is 430.